The fourth-order valence-corrected chi connectivity index (χ4v) is 1.35. The highest BCUT2D eigenvalue weighted by Gasteiger charge is 2.40. The molecule has 0 fully saturated rings. The largest absolute Gasteiger partial charge is 0.409 e. The monoisotopic (exact) mass is 242 g/mol. The molecule has 0 aliphatic rings. The molecule has 0 unspecified atom stereocenters. The molecule has 1 aromatic rings. The number of hydrogen-bond acceptors (Lipinski definition) is 2. The van der Waals surface area contributed by atoms with Crippen molar-refractivity contribution in [2.24, 2.45) is 5.84 Å². The number of alkyl halides is 3. The average Bonchev–Trinajstić information content (AvgIpc) is 1.99. The Labute approximate surface area is 88.0 Å². The predicted octanol–water partition coefficient (Wildman–Crippen LogP) is 2.55. The summed E-state index contributed by atoms with van der Waals surface area (Å²) in [6.07, 6.45) is -4.61. The number of halogens is 5. The second-order valence-electron chi connectivity index (χ2n) is 2.84. The normalized spacial score (nSPS) is 14.0. The van der Waals surface area contributed by atoms with Gasteiger partial charge in [0, 0.05) is 5.02 Å². The Hall–Kier alpha value is -0.850. The molecule has 0 heterocycles. The summed E-state index contributed by atoms with van der Waals surface area (Å²) in [6, 6.07) is 0.507. The van der Waals surface area contributed by atoms with Crippen LogP contribution in [0.25, 0.3) is 0 Å². The SMILES string of the molecule is NN[C@@H](c1cc(F)cc(Cl)c1)C(F)(F)F. The average molecular weight is 243 g/mol. The van der Waals surface area contributed by atoms with Crippen LogP contribution in [0, 0.1) is 5.82 Å². The molecule has 1 aromatic carbocycles. The van der Waals surface area contributed by atoms with Gasteiger partial charge in [0.25, 0.3) is 0 Å². The van der Waals surface area contributed by atoms with Gasteiger partial charge in [0.2, 0.25) is 0 Å². The highest BCUT2D eigenvalue weighted by molar-refractivity contribution is 6.30. The third kappa shape index (κ3) is 3.05. The van der Waals surface area contributed by atoms with E-state index in [4.69, 9.17) is 17.4 Å². The van der Waals surface area contributed by atoms with Gasteiger partial charge < -0.3 is 0 Å². The van der Waals surface area contributed by atoms with Crippen LogP contribution in [0.15, 0.2) is 18.2 Å². The molecule has 0 spiro atoms. The summed E-state index contributed by atoms with van der Waals surface area (Å²) >= 11 is 5.43. The molecule has 0 saturated carbocycles. The van der Waals surface area contributed by atoms with Crippen molar-refractivity contribution in [1.82, 2.24) is 5.43 Å². The Balaban J connectivity index is 3.13. The molecule has 3 N–H and O–H groups in total. The van der Waals surface area contributed by atoms with Gasteiger partial charge in [-0.1, -0.05) is 11.6 Å². The molecule has 7 heteroatoms. The van der Waals surface area contributed by atoms with E-state index in [1.54, 1.807) is 5.43 Å². The lowest BCUT2D eigenvalue weighted by Gasteiger charge is -2.19. The minimum Gasteiger partial charge on any atom is -0.271 e. The van der Waals surface area contributed by atoms with Gasteiger partial charge in [-0.25, -0.2) is 9.82 Å². The van der Waals surface area contributed by atoms with E-state index < -0.39 is 18.0 Å². The zero-order valence-corrected chi connectivity index (χ0v) is 8.03. The van der Waals surface area contributed by atoms with E-state index in [0.717, 1.165) is 18.2 Å². The molecular weight excluding hydrogens is 236 g/mol. The fraction of sp³-hybridized carbons (Fsp3) is 0.250. The number of benzene rings is 1. The number of rotatable bonds is 2. The number of nitrogens with one attached hydrogen (secondary N) is 1. The van der Waals surface area contributed by atoms with Gasteiger partial charge in [0.1, 0.15) is 11.9 Å². The van der Waals surface area contributed by atoms with Crippen LogP contribution in [0.3, 0.4) is 0 Å². The first-order valence-corrected chi connectivity index (χ1v) is 4.21. The van der Waals surface area contributed by atoms with Crippen molar-refractivity contribution >= 4 is 11.6 Å². The van der Waals surface area contributed by atoms with E-state index in [9.17, 15) is 17.6 Å². The quantitative estimate of drug-likeness (QED) is 0.475. The summed E-state index contributed by atoms with van der Waals surface area (Å²) in [5.41, 5.74) is 1.20. The van der Waals surface area contributed by atoms with Crippen LogP contribution in [0.1, 0.15) is 11.6 Å². The van der Waals surface area contributed by atoms with Gasteiger partial charge in [-0.2, -0.15) is 13.2 Å². The first-order valence-electron chi connectivity index (χ1n) is 3.83. The molecule has 0 aliphatic carbocycles. The van der Waals surface area contributed by atoms with Crippen molar-refractivity contribution in [3.8, 4) is 0 Å². The summed E-state index contributed by atoms with van der Waals surface area (Å²) in [7, 11) is 0. The van der Waals surface area contributed by atoms with Crippen LogP contribution in [0.2, 0.25) is 5.02 Å². The Bertz CT molecular complexity index is 333. The fourth-order valence-electron chi connectivity index (χ4n) is 1.12. The molecule has 84 valence electrons. The Morgan fingerprint density at radius 1 is 1.27 bits per heavy atom. The summed E-state index contributed by atoms with van der Waals surface area (Å²) in [5.74, 6) is 3.91. The second-order valence-corrected chi connectivity index (χ2v) is 3.28. The van der Waals surface area contributed by atoms with Crippen LogP contribution in [0.5, 0.6) is 0 Å². The zero-order valence-electron chi connectivity index (χ0n) is 7.28. The molecular formula is C8H7ClF4N2. The predicted molar refractivity (Wildman–Crippen MR) is 47.5 cm³/mol. The summed E-state index contributed by atoms with van der Waals surface area (Å²) < 4.78 is 49.9. The van der Waals surface area contributed by atoms with Crippen LogP contribution in [0.4, 0.5) is 17.6 Å². The van der Waals surface area contributed by atoms with Crippen LogP contribution in [-0.4, -0.2) is 6.18 Å². The Morgan fingerprint density at radius 2 is 1.87 bits per heavy atom. The van der Waals surface area contributed by atoms with E-state index in [2.05, 4.69) is 0 Å². The maximum absolute atomic E-state index is 12.8. The second kappa shape index (κ2) is 4.34. The first-order chi connectivity index (χ1) is 6.84. The lowest BCUT2D eigenvalue weighted by molar-refractivity contribution is -0.157. The van der Waals surface area contributed by atoms with Crippen molar-refractivity contribution in [2.75, 3.05) is 0 Å². The van der Waals surface area contributed by atoms with Gasteiger partial charge in [-0.3, -0.25) is 5.84 Å². The number of nitrogens with two attached hydrogens (primary N) is 1. The van der Waals surface area contributed by atoms with E-state index >= 15 is 0 Å². The van der Waals surface area contributed by atoms with Crippen molar-refractivity contribution in [1.29, 1.82) is 0 Å². The third-order valence-electron chi connectivity index (χ3n) is 1.71. The Morgan fingerprint density at radius 3 is 2.27 bits per heavy atom. The van der Waals surface area contributed by atoms with Crippen molar-refractivity contribution in [2.45, 2.75) is 12.2 Å². The van der Waals surface area contributed by atoms with Crippen LogP contribution in [-0.2, 0) is 0 Å². The molecule has 2 nitrogen and oxygen atoms in total. The lowest BCUT2D eigenvalue weighted by atomic mass is 10.1. The smallest absolute Gasteiger partial charge is 0.271 e. The third-order valence-corrected chi connectivity index (χ3v) is 1.93. The summed E-state index contributed by atoms with van der Waals surface area (Å²) in [5, 5.41) is -0.116. The molecule has 0 aromatic heterocycles. The van der Waals surface area contributed by atoms with E-state index in [0.29, 0.717) is 0 Å². The van der Waals surface area contributed by atoms with E-state index in [-0.39, 0.29) is 10.6 Å². The van der Waals surface area contributed by atoms with Gasteiger partial charge in [0.15, 0.2) is 0 Å². The molecule has 0 bridgehead atoms. The minimum atomic E-state index is -4.61. The van der Waals surface area contributed by atoms with Gasteiger partial charge in [-0.15, -0.1) is 0 Å². The van der Waals surface area contributed by atoms with Crippen LogP contribution >= 0.6 is 11.6 Å². The number of hydrogen-bond donors (Lipinski definition) is 2. The molecule has 1 rings (SSSR count). The molecule has 1 atom stereocenters. The van der Waals surface area contributed by atoms with Gasteiger partial charge in [0.05, 0.1) is 0 Å². The maximum Gasteiger partial charge on any atom is 0.409 e. The lowest BCUT2D eigenvalue weighted by Crippen LogP contribution is -2.38. The standard InChI is InChI=1S/C8H7ClF4N2/c9-5-1-4(2-6(10)3-5)7(15-14)8(11,12)13/h1-3,7,15H,14H2/t7-/m0/s1. The molecule has 0 amide bonds. The highest BCUT2D eigenvalue weighted by Crippen LogP contribution is 2.33. The molecule has 0 aliphatic heterocycles. The summed E-state index contributed by atoms with van der Waals surface area (Å²) in [6.45, 7) is 0. The minimum absolute atomic E-state index is 0.116. The maximum atomic E-state index is 12.8. The summed E-state index contributed by atoms with van der Waals surface area (Å²) in [4.78, 5) is 0. The molecule has 0 saturated heterocycles. The topological polar surface area (TPSA) is 38.0 Å². The van der Waals surface area contributed by atoms with Crippen molar-refractivity contribution in [3.63, 3.8) is 0 Å². The molecule has 0 radical (unpaired) electrons. The van der Waals surface area contributed by atoms with E-state index in [1.807, 2.05) is 0 Å². The first kappa shape index (κ1) is 12.2. The molecule has 15 heavy (non-hydrogen) atoms. The van der Waals surface area contributed by atoms with E-state index in [1.165, 1.54) is 0 Å². The highest BCUT2D eigenvalue weighted by atomic mass is 35.5. The van der Waals surface area contributed by atoms with Gasteiger partial charge in [-0.05, 0) is 23.8 Å². The zero-order chi connectivity index (χ0) is 11.6. The van der Waals surface area contributed by atoms with Crippen LogP contribution < -0.4 is 11.3 Å². The number of hydrazine groups is 1. The van der Waals surface area contributed by atoms with Crippen molar-refractivity contribution < 1.29 is 17.6 Å². The van der Waals surface area contributed by atoms with Crippen molar-refractivity contribution in [3.05, 3.63) is 34.6 Å². The Kier molecular flexibility index (Phi) is 3.54. The van der Waals surface area contributed by atoms with Gasteiger partial charge >= 0.3 is 6.18 Å².